The summed E-state index contributed by atoms with van der Waals surface area (Å²) in [6, 6.07) is 11.0. The molecule has 4 N–H and O–H groups in total. The minimum absolute atomic E-state index is 0.208. The van der Waals surface area contributed by atoms with Crippen molar-refractivity contribution < 1.29 is 19.2 Å². The van der Waals surface area contributed by atoms with Gasteiger partial charge in [0, 0.05) is 29.8 Å². The maximum Gasteiger partial charge on any atom is 0.316 e. The molecule has 1 saturated heterocycles. The number of nitrogens with zero attached hydrogens (tertiary/aromatic N) is 4. The number of aromatic nitrogens is 3. The number of nitrogens with one attached hydrogen (secondary N) is 2. The molecular formula is C22H19N7O4. The van der Waals surface area contributed by atoms with Crippen LogP contribution < -0.4 is 16.4 Å². The van der Waals surface area contributed by atoms with E-state index in [0.29, 0.717) is 29.1 Å². The summed E-state index contributed by atoms with van der Waals surface area (Å²) >= 11 is 0. The van der Waals surface area contributed by atoms with Gasteiger partial charge in [0.1, 0.15) is 11.7 Å². The first-order valence-electron chi connectivity index (χ1n) is 10.3. The average Bonchev–Trinajstić information content (AvgIpc) is 3.39. The number of benzene rings is 2. The van der Waals surface area contributed by atoms with Gasteiger partial charge in [-0.05, 0) is 42.3 Å². The summed E-state index contributed by atoms with van der Waals surface area (Å²) in [7, 11) is 0. The molecule has 0 spiro atoms. The van der Waals surface area contributed by atoms with E-state index in [1.807, 2.05) is 12.1 Å². The SMILES string of the molecule is NC(=O)Nc1cccc(-c2cn(-c3ccc4c(c3)CN(C3CCC(=O)NC3=O)C4=O)nn2)c1. The largest absolute Gasteiger partial charge is 0.351 e. The van der Waals surface area contributed by atoms with Crippen molar-refractivity contribution in [1.82, 2.24) is 25.2 Å². The number of rotatable bonds is 4. The van der Waals surface area contributed by atoms with E-state index in [4.69, 9.17) is 5.73 Å². The molecule has 0 saturated carbocycles. The Hall–Kier alpha value is -4.54. The van der Waals surface area contributed by atoms with Crippen molar-refractivity contribution in [3.8, 4) is 16.9 Å². The van der Waals surface area contributed by atoms with Crippen molar-refractivity contribution in [2.24, 2.45) is 5.73 Å². The van der Waals surface area contributed by atoms with Gasteiger partial charge in [-0.25, -0.2) is 9.48 Å². The summed E-state index contributed by atoms with van der Waals surface area (Å²) < 4.78 is 1.59. The number of carbonyl (C=O) groups excluding carboxylic acids is 4. The Kier molecular flexibility index (Phi) is 4.85. The van der Waals surface area contributed by atoms with Gasteiger partial charge >= 0.3 is 6.03 Å². The van der Waals surface area contributed by atoms with Crippen molar-refractivity contribution in [3.05, 3.63) is 59.8 Å². The van der Waals surface area contributed by atoms with E-state index in [9.17, 15) is 19.2 Å². The fraction of sp³-hybridized carbons (Fsp3) is 0.182. The predicted molar refractivity (Wildman–Crippen MR) is 116 cm³/mol. The molecule has 1 atom stereocenters. The molecule has 1 fully saturated rings. The first-order valence-corrected chi connectivity index (χ1v) is 10.3. The fourth-order valence-electron chi connectivity index (χ4n) is 4.12. The van der Waals surface area contributed by atoms with Gasteiger partial charge in [-0.3, -0.25) is 19.7 Å². The highest BCUT2D eigenvalue weighted by Crippen LogP contribution is 2.29. The molecule has 5 rings (SSSR count). The fourth-order valence-corrected chi connectivity index (χ4v) is 4.12. The number of imide groups is 1. The van der Waals surface area contributed by atoms with Crippen LogP contribution in [0, 0.1) is 0 Å². The van der Waals surface area contributed by atoms with Gasteiger partial charge in [0.25, 0.3) is 5.91 Å². The zero-order valence-corrected chi connectivity index (χ0v) is 17.3. The van der Waals surface area contributed by atoms with E-state index in [1.165, 1.54) is 4.90 Å². The second-order valence-corrected chi connectivity index (χ2v) is 7.86. The summed E-state index contributed by atoms with van der Waals surface area (Å²) in [5, 5.41) is 13.2. The second-order valence-electron chi connectivity index (χ2n) is 7.86. The summed E-state index contributed by atoms with van der Waals surface area (Å²) in [6.07, 6.45) is 2.26. The Morgan fingerprint density at radius 1 is 1.15 bits per heavy atom. The van der Waals surface area contributed by atoms with Crippen LogP contribution in [0.25, 0.3) is 16.9 Å². The van der Waals surface area contributed by atoms with E-state index in [0.717, 1.165) is 11.1 Å². The Labute approximate surface area is 187 Å². The van der Waals surface area contributed by atoms with Gasteiger partial charge < -0.3 is 16.0 Å². The zero-order chi connectivity index (χ0) is 23.1. The average molecular weight is 445 g/mol. The molecule has 1 aromatic heterocycles. The van der Waals surface area contributed by atoms with Crippen LogP contribution in [-0.4, -0.2) is 49.7 Å². The molecule has 0 bridgehead atoms. The van der Waals surface area contributed by atoms with Gasteiger partial charge in [-0.1, -0.05) is 17.3 Å². The number of carbonyl (C=O) groups is 4. The first kappa shape index (κ1) is 20.4. The molecule has 2 aliphatic heterocycles. The number of amides is 5. The van der Waals surface area contributed by atoms with Gasteiger partial charge in [-0.15, -0.1) is 5.10 Å². The molecule has 11 heteroatoms. The van der Waals surface area contributed by atoms with Crippen LogP contribution in [0.3, 0.4) is 0 Å². The number of primary amides is 1. The molecule has 2 aromatic carbocycles. The van der Waals surface area contributed by atoms with Gasteiger partial charge in [0.15, 0.2) is 0 Å². The van der Waals surface area contributed by atoms with Gasteiger partial charge in [0.05, 0.1) is 11.9 Å². The quantitative estimate of drug-likeness (QED) is 0.513. The Bertz CT molecular complexity index is 1320. The Morgan fingerprint density at radius 2 is 2.00 bits per heavy atom. The normalized spacial score (nSPS) is 17.6. The molecule has 1 unspecified atom stereocenters. The van der Waals surface area contributed by atoms with Crippen LogP contribution in [0.4, 0.5) is 10.5 Å². The number of anilines is 1. The predicted octanol–water partition coefficient (Wildman–Crippen LogP) is 1.19. The lowest BCUT2D eigenvalue weighted by Crippen LogP contribution is -2.52. The first-order chi connectivity index (χ1) is 15.9. The third-order valence-electron chi connectivity index (χ3n) is 5.69. The van der Waals surface area contributed by atoms with Crippen molar-refractivity contribution in [2.45, 2.75) is 25.4 Å². The molecule has 0 aliphatic carbocycles. The maximum absolute atomic E-state index is 12.9. The maximum atomic E-state index is 12.9. The summed E-state index contributed by atoms with van der Waals surface area (Å²) in [4.78, 5) is 49.1. The number of hydrogen-bond acceptors (Lipinski definition) is 6. The topological polar surface area (TPSA) is 152 Å². The lowest BCUT2D eigenvalue weighted by molar-refractivity contribution is -0.136. The minimum Gasteiger partial charge on any atom is -0.351 e. The van der Waals surface area contributed by atoms with E-state index >= 15 is 0 Å². The van der Waals surface area contributed by atoms with Gasteiger partial charge in [-0.2, -0.15) is 0 Å². The second kappa shape index (κ2) is 7.86. The smallest absolute Gasteiger partial charge is 0.316 e. The number of hydrogen-bond donors (Lipinski definition) is 3. The van der Waals surface area contributed by atoms with Crippen LogP contribution in [0.1, 0.15) is 28.8 Å². The lowest BCUT2D eigenvalue weighted by atomic mass is 10.0. The van der Waals surface area contributed by atoms with Crippen LogP contribution in [0.2, 0.25) is 0 Å². The van der Waals surface area contributed by atoms with Crippen molar-refractivity contribution in [2.75, 3.05) is 5.32 Å². The zero-order valence-electron chi connectivity index (χ0n) is 17.3. The summed E-state index contributed by atoms with van der Waals surface area (Å²) in [5.74, 6) is -0.994. The lowest BCUT2D eigenvalue weighted by Gasteiger charge is -2.29. The molecular weight excluding hydrogens is 426 g/mol. The number of fused-ring (bicyclic) bond motifs is 1. The Morgan fingerprint density at radius 3 is 2.79 bits per heavy atom. The number of nitrogens with two attached hydrogens (primary N) is 1. The molecule has 166 valence electrons. The van der Waals surface area contributed by atoms with Crippen molar-refractivity contribution in [1.29, 1.82) is 0 Å². The third-order valence-corrected chi connectivity index (χ3v) is 5.69. The molecule has 2 aliphatic rings. The molecule has 3 aromatic rings. The molecule has 33 heavy (non-hydrogen) atoms. The van der Waals surface area contributed by atoms with E-state index < -0.39 is 18.0 Å². The standard InChI is InChI=1S/C22H19N7O4/c23-22(33)24-14-3-1-2-12(8-14)17-11-29(27-26-17)15-4-5-16-13(9-15)10-28(21(16)32)18-6-7-19(30)25-20(18)31/h1-5,8-9,11,18H,6-7,10H2,(H3,23,24,33)(H,25,30,31). The minimum atomic E-state index is -0.662. The van der Waals surface area contributed by atoms with E-state index in [2.05, 4.69) is 20.9 Å². The highest BCUT2D eigenvalue weighted by Gasteiger charge is 2.39. The monoisotopic (exact) mass is 445 g/mol. The summed E-state index contributed by atoms with van der Waals surface area (Å²) in [6.45, 7) is 0.274. The number of piperidine rings is 1. The van der Waals surface area contributed by atoms with E-state index in [1.54, 1.807) is 41.2 Å². The van der Waals surface area contributed by atoms with E-state index in [-0.39, 0.29) is 24.8 Å². The van der Waals surface area contributed by atoms with Crippen LogP contribution in [0.5, 0.6) is 0 Å². The summed E-state index contributed by atoms with van der Waals surface area (Å²) in [5.41, 5.74) is 9.04. The molecule has 0 radical (unpaired) electrons. The highest BCUT2D eigenvalue weighted by atomic mass is 16.2. The van der Waals surface area contributed by atoms with Crippen molar-refractivity contribution >= 4 is 29.4 Å². The molecule has 5 amide bonds. The third kappa shape index (κ3) is 3.80. The van der Waals surface area contributed by atoms with Crippen LogP contribution >= 0.6 is 0 Å². The Balaban J connectivity index is 1.38. The number of urea groups is 1. The van der Waals surface area contributed by atoms with Crippen LogP contribution in [0.15, 0.2) is 48.7 Å². The van der Waals surface area contributed by atoms with Crippen LogP contribution in [-0.2, 0) is 16.1 Å². The molecule has 3 heterocycles. The van der Waals surface area contributed by atoms with Crippen molar-refractivity contribution in [3.63, 3.8) is 0 Å². The highest BCUT2D eigenvalue weighted by molar-refractivity contribution is 6.05. The molecule has 11 nitrogen and oxygen atoms in total. The van der Waals surface area contributed by atoms with Gasteiger partial charge in [0.2, 0.25) is 11.8 Å².